The zero-order chi connectivity index (χ0) is 13.5. The van der Waals surface area contributed by atoms with E-state index in [1.54, 1.807) is 0 Å². The Bertz CT molecular complexity index is 373. The summed E-state index contributed by atoms with van der Waals surface area (Å²) in [5, 5.41) is 3.52. The second-order valence-corrected chi connectivity index (χ2v) is 5.50. The van der Waals surface area contributed by atoms with Crippen LogP contribution in [0.15, 0.2) is 24.3 Å². The second kappa shape index (κ2) is 7.51. The van der Waals surface area contributed by atoms with Gasteiger partial charge in [0, 0.05) is 25.2 Å². The van der Waals surface area contributed by atoms with Crippen LogP contribution >= 0.6 is 0 Å². The summed E-state index contributed by atoms with van der Waals surface area (Å²) in [4.78, 5) is 2.53. The van der Waals surface area contributed by atoms with Crippen LogP contribution in [-0.4, -0.2) is 37.2 Å². The van der Waals surface area contributed by atoms with E-state index in [1.165, 1.54) is 31.5 Å². The molecule has 0 spiro atoms. The van der Waals surface area contributed by atoms with Gasteiger partial charge in [-0.3, -0.25) is 0 Å². The predicted octanol–water partition coefficient (Wildman–Crippen LogP) is 2.66. The molecule has 19 heavy (non-hydrogen) atoms. The summed E-state index contributed by atoms with van der Waals surface area (Å²) >= 11 is 0. The fourth-order valence-corrected chi connectivity index (χ4v) is 2.49. The maximum Gasteiger partial charge on any atom is 0.124 e. The van der Waals surface area contributed by atoms with E-state index in [0.717, 1.165) is 25.4 Å². The average molecular weight is 262 g/mol. The van der Waals surface area contributed by atoms with Crippen molar-refractivity contribution in [1.29, 1.82) is 0 Å². The van der Waals surface area contributed by atoms with Crippen molar-refractivity contribution < 1.29 is 4.74 Å². The smallest absolute Gasteiger partial charge is 0.124 e. The molecule has 1 aliphatic heterocycles. The van der Waals surface area contributed by atoms with Gasteiger partial charge in [0.1, 0.15) is 5.75 Å². The number of hydrogen-bond acceptors (Lipinski definition) is 3. The topological polar surface area (TPSA) is 24.5 Å². The fraction of sp³-hybridized carbons (Fsp3) is 0.625. The Morgan fingerprint density at radius 2 is 1.95 bits per heavy atom. The zero-order valence-electron chi connectivity index (χ0n) is 12.2. The van der Waals surface area contributed by atoms with Gasteiger partial charge >= 0.3 is 0 Å². The minimum Gasteiger partial charge on any atom is -0.491 e. The molecule has 1 saturated heterocycles. The molecule has 0 atom stereocenters. The number of rotatable bonds is 7. The van der Waals surface area contributed by atoms with E-state index in [0.29, 0.717) is 0 Å². The number of nitrogens with one attached hydrogen (secondary N) is 1. The molecule has 0 unspecified atom stereocenters. The summed E-state index contributed by atoms with van der Waals surface area (Å²) in [5.74, 6) is 1.01. The first-order chi connectivity index (χ1) is 9.25. The first-order valence-corrected chi connectivity index (χ1v) is 7.43. The SMILES string of the molecule is CC(C)Oc1ccccc1CNCCN1CCCC1. The summed E-state index contributed by atoms with van der Waals surface area (Å²) in [7, 11) is 0. The lowest BCUT2D eigenvalue weighted by atomic mass is 10.2. The lowest BCUT2D eigenvalue weighted by molar-refractivity contribution is 0.239. The molecule has 0 radical (unpaired) electrons. The van der Waals surface area contributed by atoms with Crippen LogP contribution in [0.25, 0.3) is 0 Å². The van der Waals surface area contributed by atoms with Crippen molar-refractivity contribution in [2.45, 2.75) is 39.3 Å². The van der Waals surface area contributed by atoms with Crippen LogP contribution in [0.2, 0.25) is 0 Å². The molecule has 0 bridgehead atoms. The summed E-state index contributed by atoms with van der Waals surface area (Å²) in [5.41, 5.74) is 1.25. The minimum atomic E-state index is 0.228. The fourth-order valence-electron chi connectivity index (χ4n) is 2.49. The predicted molar refractivity (Wildman–Crippen MR) is 79.6 cm³/mol. The molecule has 1 fully saturated rings. The van der Waals surface area contributed by atoms with E-state index in [1.807, 2.05) is 6.07 Å². The molecule has 106 valence electrons. The van der Waals surface area contributed by atoms with E-state index in [9.17, 15) is 0 Å². The van der Waals surface area contributed by atoms with Crippen molar-refractivity contribution in [1.82, 2.24) is 10.2 Å². The van der Waals surface area contributed by atoms with E-state index in [2.05, 4.69) is 42.3 Å². The third-order valence-electron chi connectivity index (χ3n) is 3.45. The Morgan fingerprint density at radius 1 is 1.21 bits per heavy atom. The lowest BCUT2D eigenvalue weighted by Crippen LogP contribution is -2.29. The van der Waals surface area contributed by atoms with Crippen LogP contribution in [0.5, 0.6) is 5.75 Å². The number of ether oxygens (including phenoxy) is 1. The first kappa shape index (κ1) is 14.4. The van der Waals surface area contributed by atoms with E-state index in [4.69, 9.17) is 4.74 Å². The van der Waals surface area contributed by atoms with Gasteiger partial charge in [0.25, 0.3) is 0 Å². The maximum atomic E-state index is 5.83. The van der Waals surface area contributed by atoms with Gasteiger partial charge in [0.2, 0.25) is 0 Å². The minimum absolute atomic E-state index is 0.228. The van der Waals surface area contributed by atoms with Crippen molar-refractivity contribution in [3.8, 4) is 5.75 Å². The second-order valence-electron chi connectivity index (χ2n) is 5.50. The highest BCUT2D eigenvalue weighted by Gasteiger charge is 2.10. The van der Waals surface area contributed by atoms with Crippen LogP contribution in [0.3, 0.4) is 0 Å². The molecule has 1 aromatic carbocycles. The van der Waals surface area contributed by atoms with Gasteiger partial charge in [-0.25, -0.2) is 0 Å². The highest BCUT2D eigenvalue weighted by atomic mass is 16.5. The van der Waals surface area contributed by atoms with Gasteiger partial charge in [-0.2, -0.15) is 0 Å². The van der Waals surface area contributed by atoms with Crippen molar-refractivity contribution >= 4 is 0 Å². The molecular weight excluding hydrogens is 236 g/mol. The van der Waals surface area contributed by atoms with Gasteiger partial charge in [-0.05, 0) is 45.8 Å². The lowest BCUT2D eigenvalue weighted by Gasteiger charge is -2.17. The van der Waals surface area contributed by atoms with Gasteiger partial charge in [0.05, 0.1) is 6.10 Å². The van der Waals surface area contributed by atoms with Gasteiger partial charge in [0.15, 0.2) is 0 Å². The summed E-state index contributed by atoms with van der Waals surface area (Å²) in [6.07, 6.45) is 2.96. The Labute approximate surface area is 116 Å². The van der Waals surface area contributed by atoms with Crippen LogP contribution in [0.4, 0.5) is 0 Å². The molecular formula is C16H26N2O. The largest absolute Gasteiger partial charge is 0.491 e. The van der Waals surface area contributed by atoms with Crippen molar-refractivity contribution in [2.24, 2.45) is 0 Å². The van der Waals surface area contributed by atoms with E-state index < -0.39 is 0 Å². The molecule has 1 heterocycles. The third kappa shape index (κ3) is 4.84. The highest BCUT2D eigenvalue weighted by Crippen LogP contribution is 2.19. The molecule has 0 aliphatic carbocycles. The number of benzene rings is 1. The van der Waals surface area contributed by atoms with Crippen molar-refractivity contribution in [2.75, 3.05) is 26.2 Å². The monoisotopic (exact) mass is 262 g/mol. The van der Waals surface area contributed by atoms with Crippen LogP contribution in [0, 0.1) is 0 Å². The van der Waals surface area contributed by atoms with Crippen LogP contribution < -0.4 is 10.1 Å². The molecule has 2 rings (SSSR count). The summed E-state index contributed by atoms with van der Waals surface area (Å²) < 4.78 is 5.83. The molecule has 1 N–H and O–H groups in total. The Hall–Kier alpha value is -1.06. The molecule has 0 saturated carbocycles. The first-order valence-electron chi connectivity index (χ1n) is 7.43. The molecule has 1 aromatic rings. The normalized spacial score (nSPS) is 16.2. The molecule has 1 aliphatic rings. The third-order valence-corrected chi connectivity index (χ3v) is 3.45. The molecule has 0 aromatic heterocycles. The standard InChI is InChI=1S/C16H26N2O/c1-14(2)19-16-8-4-3-7-15(16)13-17-9-12-18-10-5-6-11-18/h3-4,7-8,14,17H,5-6,9-13H2,1-2H3. The molecule has 3 heteroatoms. The Kier molecular flexibility index (Phi) is 5.67. The maximum absolute atomic E-state index is 5.83. The van der Waals surface area contributed by atoms with Gasteiger partial charge < -0.3 is 15.0 Å². The van der Waals surface area contributed by atoms with Gasteiger partial charge in [-0.15, -0.1) is 0 Å². The number of nitrogens with zero attached hydrogens (tertiary/aromatic N) is 1. The molecule has 0 amide bonds. The Morgan fingerprint density at radius 3 is 2.68 bits per heavy atom. The number of likely N-dealkylation sites (tertiary alicyclic amines) is 1. The zero-order valence-corrected chi connectivity index (χ0v) is 12.2. The van der Waals surface area contributed by atoms with Crippen molar-refractivity contribution in [3.05, 3.63) is 29.8 Å². The number of para-hydroxylation sites is 1. The number of hydrogen-bond donors (Lipinski definition) is 1. The molecule has 3 nitrogen and oxygen atoms in total. The average Bonchev–Trinajstić information content (AvgIpc) is 2.89. The highest BCUT2D eigenvalue weighted by molar-refractivity contribution is 5.33. The quantitative estimate of drug-likeness (QED) is 0.765. The summed E-state index contributed by atoms with van der Waals surface area (Å²) in [6.45, 7) is 9.78. The van der Waals surface area contributed by atoms with E-state index >= 15 is 0 Å². The summed E-state index contributed by atoms with van der Waals surface area (Å²) in [6, 6.07) is 8.30. The Balaban J connectivity index is 1.75. The van der Waals surface area contributed by atoms with Crippen LogP contribution in [0.1, 0.15) is 32.3 Å². The van der Waals surface area contributed by atoms with Gasteiger partial charge in [-0.1, -0.05) is 18.2 Å². The van der Waals surface area contributed by atoms with Crippen molar-refractivity contribution in [3.63, 3.8) is 0 Å². The van der Waals surface area contributed by atoms with E-state index in [-0.39, 0.29) is 6.10 Å². The van der Waals surface area contributed by atoms with Crippen LogP contribution in [-0.2, 0) is 6.54 Å².